The van der Waals surface area contributed by atoms with Crippen molar-refractivity contribution < 1.29 is 8.42 Å². The minimum atomic E-state index is -3.53. The van der Waals surface area contributed by atoms with Crippen LogP contribution in [-0.4, -0.2) is 63.9 Å². The van der Waals surface area contributed by atoms with Crippen LogP contribution in [0, 0.1) is 0 Å². The number of pyridine rings is 1. The Morgan fingerprint density at radius 2 is 1.85 bits per heavy atom. The molecule has 1 aromatic heterocycles. The van der Waals surface area contributed by atoms with Gasteiger partial charge in [-0.1, -0.05) is 12.1 Å². The van der Waals surface area contributed by atoms with Gasteiger partial charge in [-0.05, 0) is 43.4 Å². The molecule has 2 aromatic rings. The highest BCUT2D eigenvalue weighted by atomic mass is 32.2. The molecule has 0 bridgehead atoms. The summed E-state index contributed by atoms with van der Waals surface area (Å²) in [6.07, 6.45) is 3.65. The van der Waals surface area contributed by atoms with Gasteiger partial charge in [0.25, 0.3) is 0 Å². The average Bonchev–Trinajstić information content (AvgIpc) is 2.60. The van der Waals surface area contributed by atoms with Gasteiger partial charge in [-0.3, -0.25) is 9.71 Å². The van der Waals surface area contributed by atoms with Gasteiger partial charge in [0.05, 0.1) is 5.69 Å². The van der Waals surface area contributed by atoms with Crippen molar-refractivity contribution in [2.24, 2.45) is 0 Å². The maximum absolute atomic E-state index is 12.0. The largest absolute Gasteiger partial charge is 0.318 e. The first-order valence-electron chi connectivity index (χ1n) is 8.39. The summed E-state index contributed by atoms with van der Waals surface area (Å²) in [6, 6.07) is 9.40. The molecule has 26 heavy (non-hydrogen) atoms. The maximum atomic E-state index is 12.0. The Bertz CT molecular complexity index is 824. The van der Waals surface area contributed by atoms with Crippen molar-refractivity contribution in [3.63, 3.8) is 0 Å². The lowest BCUT2D eigenvalue weighted by Gasteiger charge is -2.17. The summed E-state index contributed by atoms with van der Waals surface area (Å²) in [5.74, 6) is 0. The molecule has 1 aromatic carbocycles. The number of nitrogens with one attached hydrogen (secondary N) is 2. The van der Waals surface area contributed by atoms with E-state index in [9.17, 15) is 8.42 Å². The van der Waals surface area contributed by atoms with Crippen LogP contribution < -0.4 is 10.0 Å². The zero-order chi connectivity index (χ0) is 19.2. The Labute approximate surface area is 156 Å². The highest BCUT2D eigenvalue weighted by Gasteiger charge is 2.13. The number of nitrogens with zero attached hydrogens (tertiary/aromatic N) is 3. The molecule has 0 unspecified atom stereocenters. The molecule has 7 nitrogen and oxygen atoms in total. The minimum Gasteiger partial charge on any atom is -0.318 e. The van der Waals surface area contributed by atoms with Crippen LogP contribution in [0.25, 0.3) is 11.1 Å². The van der Waals surface area contributed by atoms with E-state index in [2.05, 4.69) is 33.0 Å². The fourth-order valence-corrected chi connectivity index (χ4v) is 3.04. The van der Waals surface area contributed by atoms with E-state index in [1.807, 2.05) is 31.4 Å². The van der Waals surface area contributed by atoms with Gasteiger partial charge < -0.3 is 10.2 Å². The number of benzene rings is 1. The van der Waals surface area contributed by atoms with E-state index in [-0.39, 0.29) is 0 Å². The molecule has 2 N–H and O–H groups in total. The van der Waals surface area contributed by atoms with Crippen LogP contribution in [0.2, 0.25) is 0 Å². The third kappa shape index (κ3) is 5.77. The van der Waals surface area contributed by atoms with Gasteiger partial charge >= 0.3 is 10.2 Å². The molecule has 0 aliphatic carbocycles. The lowest BCUT2D eigenvalue weighted by molar-refractivity contribution is 0.328. The highest BCUT2D eigenvalue weighted by molar-refractivity contribution is 7.90. The molecule has 0 amide bonds. The Kier molecular flexibility index (Phi) is 7.10. The number of anilines is 1. The molecule has 2 rings (SSSR count). The van der Waals surface area contributed by atoms with E-state index in [1.165, 1.54) is 14.1 Å². The van der Waals surface area contributed by atoms with Crippen LogP contribution in [0.4, 0.5) is 5.69 Å². The van der Waals surface area contributed by atoms with Crippen molar-refractivity contribution in [3.05, 3.63) is 48.3 Å². The maximum Gasteiger partial charge on any atom is 0.301 e. The van der Waals surface area contributed by atoms with Gasteiger partial charge in [0.2, 0.25) is 0 Å². The SMILES string of the molecule is CNCCN(C)Cc1cncc(-c2cccc(NS(=O)(=O)N(C)C)c2)c1. The van der Waals surface area contributed by atoms with E-state index in [0.29, 0.717) is 5.69 Å². The van der Waals surface area contributed by atoms with Crippen LogP contribution >= 0.6 is 0 Å². The zero-order valence-corrected chi connectivity index (χ0v) is 16.5. The molecule has 0 fully saturated rings. The predicted octanol–water partition coefficient (Wildman–Crippen LogP) is 1.62. The number of likely N-dealkylation sites (N-methyl/N-ethyl adjacent to an activating group) is 2. The van der Waals surface area contributed by atoms with Crippen LogP contribution in [0.1, 0.15) is 5.56 Å². The lowest BCUT2D eigenvalue weighted by Crippen LogP contribution is -2.28. The fraction of sp³-hybridized carbons (Fsp3) is 0.389. The Morgan fingerprint density at radius 1 is 1.08 bits per heavy atom. The Hall–Kier alpha value is -2.00. The van der Waals surface area contributed by atoms with Crippen molar-refractivity contribution in [2.45, 2.75) is 6.54 Å². The van der Waals surface area contributed by atoms with Gasteiger partial charge in [0, 0.05) is 51.7 Å². The summed E-state index contributed by atoms with van der Waals surface area (Å²) in [6.45, 7) is 2.68. The van der Waals surface area contributed by atoms with Crippen molar-refractivity contribution in [1.29, 1.82) is 0 Å². The molecule has 1 heterocycles. The number of hydrogen-bond donors (Lipinski definition) is 2. The minimum absolute atomic E-state index is 0.521. The van der Waals surface area contributed by atoms with Gasteiger partial charge in [0.15, 0.2) is 0 Å². The molecule has 0 saturated carbocycles. The topological polar surface area (TPSA) is 77.6 Å². The van der Waals surface area contributed by atoms with Gasteiger partial charge in [-0.2, -0.15) is 12.7 Å². The van der Waals surface area contributed by atoms with Crippen LogP contribution in [0.5, 0.6) is 0 Å². The van der Waals surface area contributed by atoms with Crippen molar-refractivity contribution >= 4 is 15.9 Å². The molecule has 0 saturated heterocycles. The standard InChI is InChI=1S/C18H27N5O2S/c1-19-8-9-23(4)14-15-10-17(13-20-12-15)16-6-5-7-18(11-16)21-26(24,25)22(2)3/h5-7,10-13,19,21H,8-9,14H2,1-4H3. The molecule has 142 valence electrons. The Morgan fingerprint density at radius 3 is 2.54 bits per heavy atom. The van der Waals surface area contributed by atoms with Crippen molar-refractivity contribution in [1.82, 2.24) is 19.5 Å². The summed E-state index contributed by atoms with van der Waals surface area (Å²) in [7, 11) is 3.46. The Balaban J connectivity index is 2.18. The van der Waals surface area contributed by atoms with Crippen molar-refractivity contribution in [3.8, 4) is 11.1 Å². The zero-order valence-electron chi connectivity index (χ0n) is 15.7. The first-order valence-corrected chi connectivity index (χ1v) is 9.83. The third-order valence-electron chi connectivity index (χ3n) is 3.91. The smallest absolute Gasteiger partial charge is 0.301 e. The molecule has 0 aliphatic heterocycles. The second kappa shape index (κ2) is 9.09. The highest BCUT2D eigenvalue weighted by Crippen LogP contribution is 2.24. The summed E-state index contributed by atoms with van der Waals surface area (Å²) in [5, 5.41) is 3.14. The summed E-state index contributed by atoms with van der Waals surface area (Å²) in [5.41, 5.74) is 3.50. The molecule has 0 aliphatic rings. The lowest BCUT2D eigenvalue weighted by atomic mass is 10.1. The third-order valence-corrected chi connectivity index (χ3v) is 5.37. The number of hydrogen-bond acceptors (Lipinski definition) is 5. The van der Waals surface area contributed by atoms with Crippen LogP contribution in [0.3, 0.4) is 0 Å². The molecule has 0 radical (unpaired) electrons. The molecule has 0 spiro atoms. The first kappa shape index (κ1) is 20.3. The second-order valence-corrected chi connectivity index (χ2v) is 8.28. The quantitative estimate of drug-likeness (QED) is 0.694. The number of rotatable bonds is 9. The van der Waals surface area contributed by atoms with Crippen molar-refractivity contribution in [2.75, 3.05) is 46.0 Å². The van der Waals surface area contributed by atoms with E-state index in [0.717, 1.165) is 40.6 Å². The summed E-state index contributed by atoms with van der Waals surface area (Å²) >= 11 is 0. The second-order valence-electron chi connectivity index (χ2n) is 6.39. The number of aromatic nitrogens is 1. The summed E-state index contributed by atoms with van der Waals surface area (Å²) < 4.78 is 27.7. The molecular formula is C18H27N5O2S. The van der Waals surface area contributed by atoms with Crippen LogP contribution in [0.15, 0.2) is 42.7 Å². The monoisotopic (exact) mass is 377 g/mol. The predicted molar refractivity (Wildman–Crippen MR) is 106 cm³/mol. The summed E-state index contributed by atoms with van der Waals surface area (Å²) in [4.78, 5) is 6.56. The van der Waals surface area contributed by atoms with Gasteiger partial charge in [-0.15, -0.1) is 0 Å². The van der Waals surface area contributed by atoms with Gasteiger partial charge in [0.1, 0.15) is 0 Å². The first-order chi connectivity index (χ1) is 12.3. The van der Waals surface area contributed by atoms with E-state index >= 15 is 0 Å². The molecule has 0 atom stereocenters. The van der Waals surface area contributed by atoms with E-state index < -0.39 is 10.2 Å². The van der Waals surface area contributed by atoms with E-state index in [1.54, 1.807) is 12.3 Å². The molecular weight excluding hydrogens is 350 g/mol. The van der Waals surface area contributed by atoms with E-state index in [4.69, 9.17) is 0 Å². The fourth-order valence-electron chi connectivity index (χ4n) is 2.43. The molecule has 8 heteroatoms. The van der Waals surface area contributed by atoms with Gasteiger partial charge in [-0.25, -0.2) is 0 Å². The average molecular weight is 378 g/mol. The normalized spacial score (nSPS) is 11.9. The van der Waals surface area contributed by atoms with Crippen LogP contribution in [-0.2, 0) is 16.8 Å².